The highest BCUT2D eigenvalue weighted by molar-refractivity contribution is 5.73. The van der Waals surface area contributed by atoms with Crippen molar-refractivity contribution in [3.8, 4) is 5.75 Å². The van der Waals surface area contributed by atoms with Gasteiger partial charge < -0.3 is 19.7 Å². The van der Waals surface area contributed by atoms with Gasteiger partial charge >= 0.3 is 24.3 Å². The first-order valence-corrected chi connectivity index (χ1v) is 11.9. The molecule has 0 spiro atoms. The second-order valence-electron chi connectivity index (χ2n) is 9.04. The molecule has 40 heavy (non-hydrogen) atoms. The molecule has 0 bridgehead atoms. The van der Waals surface area contributed by atoms with Crippen molar-refractivity contribution in [2.75, 3.05) is 39.9 Å². The summed E-state index contributed by atoms with van der Waals surface area (Å²) in [6.07, 6.45) is -5.76. The van der Waals surface area contributed by atoms with Crippen LogP contribution in [0.3, 0.4) is 0 Å². The molecule has 1 aromatic carbocycles. The van der Waals surface area contributed by atoms with Crippen LogP contribution in [0.25, 0.3) is 0 Å². The first-order chi connectivity index (χ1) is 18.6. The van der Waals surface area contributed by atoms with Gasteiger partial charge in [-0.05, 0) is 6.07 Å². The predicted molar refractivity (Wildman–Crippen MR) is 127 cm³/mol. The molecule has 2 aliphatic rings. The fourth-order valence-electron chi connectivity index (χ4n) is 4.21. The van der Waals surface area contributed by atoms with Crippen LogP contribution in [0.15, 0.2) is 36.7 Å². The minimum atomic E-state index is -5.08. The van der Waals surface area contributed by atoms with Gasteiger partial charge in [0.1, 0.15) is 5.75 Å². The quantitative estimate of drug-likeness (QED) is 0.512. The molecular weight excluding hydrogens is 554 g/mol. The van der Waals surface area contributed by atoms with Gasteiger partial charge in [-0.25, -0.2) is 9.59 Å². The molecule has 2 N–H and O–H groups in total. The first kappa shape index (κ1) is 32.8. The number of ether oxygens (including phenoxy) is 2. The number of aryl methyl sites for hydroxylation is 1. The summed E-state index contributed by atoms with van der Waals surface area (Å²) in [5.74, 6) is -3.98. The topological polar surface area (TPSA) is 117 Å². The Morgan fingerprint density at radius 3 is 2.10 bits per heavy atom. The summed E-state index contributed by atoms with van der Waals surface area (Å²) in [6, 6.07) is 8.30. The van der Waals surface area contributed by atoms with Crippen LogP contribution in [-0.4, -0.2) is 100 Å². The van der Waals surface area contributed by atoms with Gasteiger partial charge in [0.25, 0.3) is 0 Å². The number of carboxylic acids is 2. The van der Waals surface area contributed by atoms with Crippen molar-refractivity contribution in [2.24, 2.45) is 13.0 Å². The van der Waals surface area contributed by atoms with Gasteiger partial charge in [-0.3, -0.25) is 14.5 Å². The van der Waals surface area contributed by atoms with E-state index in [1.54, 1.807) is 7.11 Å². The lowest BCUT2D eigenvalue weighted by Gasteiger charge is -2.23. The Morgan fingerprint density at radius 1 is 1.00 bits per heavy atom. The number of fused-ring (bicyclic) bond motifs is 1. The van der Waals surface area contributed by atoms with Crippen LogP contribution in [0.4, 0.5) is 26.3 Å². The van der Waals surface area contributed by atoms with E-state index >= 15 is 0 Å². The summed E-state index contributed by atoms with van der Waals surface area (Å²) in [5, 5.41) is 18.5. The Morgan fingerprint density at radius 2 is 1.57 bits per heavy atom. The molecule has 2 aliphatic heterocycles. The number of rotatable bonds is 5. The van der Waals surface area contributed by atoms with Crippen molar-refractivity contribution >= 4 is 11.9 Å². The SMILES string of the molecule is COc1ccccc1CN1C[C@@H]2CN(Cc3cnn(C)c3)CCO[C@@H]2C1.O=C(O)C(F)(F)F.O=C(O)C(F)(F)F. The Labute approximate surface area is 225 Å². The number of nitrogens with zero attached hydrogens (tertiary/aromatic N) is 4. The number of alkyl halides is 6. The lowest BCUT2D eigenvalue weighted by atomic mass is 10.1. The zero-order chi connectivity index (χ0) is 30.1. The fourth-order valence-corrected chi connectivity index (χ4v) is 4.21. The maximum atomic E-state index is 10.6. The third-order valence-corrected chi connectivity index (χ3v) is 5.92. The minimum Gasteiger partial charge on any atom is -0.496 e. The summed E-state index contributed by atoms with van der Waals surface area (Å²) < 4.78 is 77.0. The van der Waals surface area contributed by atoms with Crippen molar-refractivity contribution in [3.63, 3.8) is 0 Å². The number of carbonyl (C=O) groups is 2. The van der Waals surface area contributed by atoms with Crippen molar-refractivity contribution in [2.45, 2.75) is 31.5 Å². The van der Waals surface area contributed by atoms with Crippen molar-refractivity contribution in [1.29, 1.82) is 0 Å². The Kier molecular flexibility index (Phi) is 11.8. The van der Waals surface area contributed by atoms with E-state index in [0.29, 0.717) is 12.0 Å². The van der Waals surface area contributed by atoms with E-state index in [2.05, 4.69) is 33.2 Å². The number of carboxylic acid groups (broad SMARTS) is 2. The summed E-state index contributed by atoms with van der Waals surface area (Å²) in [6.45, 7) is 6.84. The number of benzene rings is 1. The van der Waals surface area contributed by atoms with Gasteiger partial charge in [0, 0.05) is 69.6 Å². The van der Waals surface area contributed by atoms with Gasteiger partial charge in [-0.15, -0.1) is 0 Å². The summed E-state index contributed by atoms with van der Waals surface area (Å²) in [7, 11) is 3.71. The van der Waals surface area contributed by atoms with Crippen LogP contribution < -0.4 is 4.74 Å². The highest BCUT2D eigenvalue weighted by Crippen LogP contribution is 2.28. The molecule has 2 atom stereocenters. The summed E-state index contributed by atoms with van der Waals surface area (Å²) in [5.41, 5.74) is 2.52. The van der Waals surface area contributed by atoms with E-state index in [4.69, 9.17) is 29.3 Å². The second kappa shape index (κ2) is 14.3. The number of likely N-dealkylation sites (tertiary alicyclic amines) is 1. The lowest BCUT2D eigenvalue weighted by Crippen LogP contribution is -2.32. The Bertz CT molecular complexity index is 1090. The normalized spacial score (nSPS) is 19.8. The highest BCUT2D eigenvalue weighted by atomic mass is 19.4. The van der Waals surface area contributed by atoms with Gasteiger partial charge in [-0.1, -0.05) is 18.2 Å². The van der Waals surface area contributed by atoms with Crippen LogP contribution >= 0.6 is 0 Å². The van der Waals surface area contributed by atoms with E-state index in [1.807, 2.05) is 30.1 Å². The molecule has 224 valence electrons. The highest BCUT2D eigenvalue weighted by Gasteiger charge is 2.39. The molecule has 3 heterocycles. The number of para-hydroxylation sites is 1. The summed E-state index contributed by atoms with van der Waals surface area (Å²) >= 11 is 0. The monoisotopic (exact) mass is 584 g/mol. The molecule has 16 heteroatoms. The standard InChI is InChI=1S/C20H28N4O2.2C2HF3O2/c1-22-10-16(9-21-22)11-23-7-8-26-20-15-24(14-18(20)13-23)12-17-5-3-4-6-19(17)25-2;2*3-2(4,5)1(6)7/h3-6,9-10,18,20H,7-8,11-15H2,1-2H3;2*(H,6,7)/t18-,20+;;/m0../s1. The van der Waals surface area contributed by atoms with E-state index in [1.165, 1.54) is 11.1 Å². The van der Waals surface area contributed by atoms with Crippen molar-refractivity contribution in [3.05, 3.63) is 47.8 Å². The van der Waals surface area contributed by atoms with Crippen LogP contribution in [0.2, 0.25) is 0 Å². The second-order valence-corrected chi connectivity index (χ2v) is 9.04. The van der Waals surface area contributed by atoms with E-state index < -0.39 is 24.3 Å². The van der Waals surface area contributed by atoms with Gasteiger partial charge in [0.15, 0.2) is 0 Å². The number of aromatic nitrogens is 2. The van der Waals surface area contributed by atoms with Gasteiger partial charge in [0.05, 0.1) is 26.0 Å². The minimum absolute atomic E-state index is 0.337. The summed E-state index contributed by atoms with van der Waals surface area (Å²) in [4.78, 5) is 22.8. The first-order valence-electron chi connectivity index (χ1n) is 11.9. The molecule has 4 rings (SSSR count). The molecule has 2 aromatic rings. The average Bonchev–Trinajstić information content (AvgIpc) is 3.38. The molecule has 0 amide bonds. The number of methoxy groups -OCH3 is 1. The maximum absolute atomic E-state index is 10.6. The van der Waals surface area contributed by atoms with Gasteiger partial charge in [-0.2, -0.15) is 31.4 Å². The number of hydrogen-bond donors (Lipinski definition) is 2. The third kappa shape index (κ3) is 10.7. The van der Waals surface area contributed by atoms with Crippen LogP contribution in [0.1, 0.15) is 11.1 Å². The predicted octanol–water partition coefficient (Wildman–Crippen LogP) is 3.03. The Balaban J connectivity index is 0.000000333. The van der Waals surface area contributed by atoms with Crippen LogP contribution in [0, 0.1) is 5.92 Å². The number of hydrogen-bond acceptors (Lipinski definition) is 7. The molecular formula is C24H30F6N4O6. The molecule has 10 nitrogen and oxygen atoms in total. The molecule has 0 unspecified atom stereocenters. The zero-order valence-electron chi connectivity index (χ0n) is 21.7. The Hall–Kier alpha value is -3.37. The molecule has 2 saturated heterocycles. The third-order valence-electron chi connectivity index (χ3n) is 5.92. The van der Waals surface area contributed by atoms with Crippen LogP contribution in [0.5, 0.6) is 5.75 Å². The number of aliphatic carboxylic acids is 2. The van der Waals surface area contributed by atoms with E-state index in [9.17, 15) is 26.3 Å². The maximum Gasteiger partial charge on any atom is 0.490 e. The smallest absolute Gasteiger partial charge is 0.490 e. The lowest BCUT2D eigenvalue weighted by molar-refractivity contribution is -0.193. The molecule has 0 aliphatic carbocycles. The molecule has 0 radical (unpaired) electrons. The zero-order valence-corrected chi connectivity index (χ0v) is 21.7. The average molecular weight is 585 g/mol. The molecule has 0 saturated carbocycles. The van der Waals surface area contributed by atoms with Crippen molar-refractivity contribution in [1.82, 2.24) is 19.6 Å². The number of halogens is 6. The van der Waals surface area contributed by atoms with Crippen molar-refractivity contribution < 1.29 is 55.6 Å². The molecule has 1 aromatic heterocycles. The van der Waals surface area contributed by atoms with Gasteiger partial charge in [0.2, 0.25) is 0 Å². The fraction of sp³-hybridized carbons (Fsp3) is 0.542. The van der Waals surface area contributed by atoms with E-state index in [-0.39, 0.29) is 0 Å². The van der Waals surface area contributed by atoms with Crippen LogP contribution in [-0.2, 0) is 34.5 Å². The largest absolute Gasteiger partial charge is 0.496 e. The molecule has 2 fully saturated rings. The van der Waals surface area contributed by atoms with E-state index in [0.717, 1.165) is 51.6 Å².